The van der Waals surface area contributed by atoms with Gasteiger partial charge in [0.15, 0.2) is 17.3 Å². The van der Waals surface area contributed by atoms with Gasteiger partial charge in [0.25, 0.3) is 5.91 Å². The second-order valence-electron chi connectivity index (χ2n) is 5.71. The number of aromatic amines is 1. The number of hydrogen-bond acceptors (Lipinski definition) is 5. The van der Waals surface area contributed by atoms with Gasteiger partial charge in [-0.15, -0.1) is 12.4 Å². The molecule has 4 N–H and O–H groups in total. The molecule has 1 aromatic heterocycles. The Balaban J connectivity index is 0.00000243. The first kappa shape index (κ1) is 20.1. The quantitative estimate of drug-likeness (QED) is 0.590. The van der Waals surface area contributed by atoms with Gasteiger partial charge in [-0.1, -0.05) is 0 Å². The van der Waals surface area contributed by atoms with Gasteiger partial charge < -0.3 is 20.5 Å². The van der Waals surface area contributed by atoms with Crippen LogP contribution in [0.4, 0.5) is 8.78 Å². The summed E-state index contributed by atoms with van der Waals surface area (Å²) in [6.07, 6.45) is -0.231. The fourth-order valence-electron chi connectivity index (χ4n) is 2.53. The van der Waals surface area contributed by atoms with Gasteiger partial charge in [-0.05, 0) is 12.1 Å². The van der Waals surface area contributed by atoms with Crippen LogP contribution in [-0.4, -0.2) is 47.0 Å². The Morgan fingerprint density at radius 1 is 1.38 bits per heavy atom. The van der Waals surface area contributed by atoms with Crippen molar-refractivity contribution in [2.75, 3.05) is 19.7 Å². The van der Waals surface area contributed by atoms with Crippen LogP contribution in [0.25, 0.3) is 0 Å². The maximum atomic E-state index is 13.1. The molecule has 1 atom stereocenters. The van der Waals surface area contributed by atoms with Crippen LogP contribution in [0.1, 0.15) is 21.7 Å². The number of ether oxygens (including phenoxy) is 1. The molecule has 0 spiro atoms. The number of aliphatic hydroxyl groups excluding tert-OH is 1. The number of nitrogens with zero attached hydrogens (tertiary/aromatic N) is 1. The van der Waals surface area contributed by atoms with E-state index in [4.69, 9.17) is 4.74 Å². The van der Waals surface area contributed by atoms with Crippen LogP contribution < -0.4 is 15.4 Å². The number of fused-ring (bicyclic) bond motifs is 1. The predicted octanol–water partition coefficient (Wildman–Crippen LogP) is 0.925. The van der Waals surface area contributed by atoms with Crippen molar-refractivity contribution in [3.8, 4) is 5.75 Å². The summed E-state index contributed by atoms with van der Waals surface area (Å²) in [7, 11) is 0. The summed E-state index contributed by atoms with van der Waals surface area (Å²) in [5, 5.41) is 22.5. The molecule has 0 radical (unpaired) electrons. The standard InChI is InChI=1S/C16H18F2N4O3.ClH/c17-12-2-1-10(5-13(12)18)25-8-9(23)6-20-16(24)15-11-7-19-4-3-14(11)21-22-15;/h1-2,5,9,19,23H,3-4,6-8H2,(H,20,24)(H,21,22);1H. The Bertz CT molecular complexity index is 772. The van der Waals surface area contributed by atoms with Gasteiger partial charge in [-0.3, -0.25) is 9.89 Å². The van der Waals surface area contributed by atoms with Crippen molar-refractivity contribution < 1.29 is 23.4 Å². The Morgan fingerprint density at radius 2 is 2.19 bits per heavy atom. The summed E-state index contributed by atoms with van der Waals surface area (Å²) in [5.74, 6) is -2.31. The number of hydrogen-bond donors (Lipinski definition) is 4. The highest BCUT2D eigenvalue weighted by atomic mass is 35.5. The van der Waals surface area contributed by atoms with E-state index in [-0.39, 0.29) is 31.3 Å². The number of benzene rings is 1. The molecule has 10 heteroatoms. The lowest BCUT2D eigenvalue weighted by Gasteiger charge is -2.15. The van der Waals surface area contributed by atoms with E-state index in [1.807, 2.05) is 0 Å². The summed E-state index contributed by atoms with van der Waals surface area (Å²) in [4.78, 5) is 12.2. The van der Waals surface area contributed by atoms with Crippen molar-refractivity contribution in [3.05, 3.63) is 46.8 Å². The summed E-state index contributed by atoms with van der Waals surface area (Å²) < 4.78 is 31.1. The average molecular weight is 389 g/mol. The van der Waals surface area contributed by atoms with Gasteiger partial charge >= 0.3 is 0 Å². The zero-order chi connectivity index (χ0) is 17.8. The van der Waals surface area contributed by atoms with E-state index in [0.717, 1.165) is 36.4 Å². The first-order chi connectivity index (χ1) is 12.0. The Labute approximate surface area is 154 Å². The first-order valence-corrected chi connectivity index (χ1v) is 7.85. The molecule has 0 saturated heterocycles. The molecular formula is C16H19ClF2N4O3. The monoisotopic (exact) mass is 388 g/mol. The lowest BCUT2D eigenvalue weighted by atomic mass is 10.1. The van der Waals surface area contributed by atoms with Gasteiger partial charge in [0.05, 0.1) is 0 Å². The minimum atomic E-state index is -1.03. The van der Waals surface area contributed by atoms with E-state index in [0.29, 0.717) is 12.2 Å². The molecule has 0 saturated carbocycles. The van der Waals surface area contributed by atoms with Crippen LogP contribution in [0.2, 0.25) is 0 Å². The zero-order valence-electron chi connectivity index (χ0n) is 13.7. The molecule has 26 heavy (non-hydrogen) atoms. The smallest absolute Gasteiger partial charge is 0.272 e. The minimum absolute atomic E-state index is 0. The number of nitrogens with one attached hydrogen (secondary N) is 3. The topological polar surface area (TPSA) is 99.3 Å². The molecule has 0 bridgehead atoms. The second kappa shape index (κ2) is 8.93. The van der Waals surface area contributed by atoms with Crippen molar-refractivity contribution >= 4 is 18.3 Å². The van der Waals surface area contributed by atoms with Crippen molar-refractivity contribution in [2.24, 2.45) is 0 Å². The molecule has 142 valence electrons. The third-order valence-electron chi connectivity index (χ3n) is 3.85. The third-order valence-corrected chi connectivity index (χ3v) is 3.85. The van der Waals surface area contributed by atoms with Gasteiger partial charge in [0.2, 0.25) is 0 Å². The van der Waals surface area contributed by atoms with Crippen molar-refractivity contribution in [1.82, 2.24) is 20.8 Å². The fourth-order valence-corrected chi connectivity index (χ4v) is 2.53. The molecule has 2 heterocycles. The van der Waals surface area contributed by atoms with E-state index in [2.05, 4.69) is 20.8 Å². The summed E-state index contributed by atoms with van der Waals surface area (Å²) in [5.41, 5.74) is 2.07. The molecule has 1 unspecified atom stereocenters. The number of aromatic nitrogens is 2. The summed E-state index contributed by atoms with van der Waals surface area (Å²) >= 11 is 0. The van der Waals surface area contributed by atoms with Gasteiger partial charge in [-0.25, -0.2) is 8.78 Å². The number of carbonyl (C=O) groups excluding carboxylic acids is 1. The molecule has 7 nitrogen and oxygen atoms in total. The molecule has 1 aliphatic heterocycles. The third kappa shape index (κ3) is 4.69. The van der Waals surface area contributed by atoms with E-state index in [9.17, 15) is 18.7 Å². The van der Waals surface area contributed by atoms with Crippen LogP contribution in [0.15, 0.2) is 18.2 Å². The predicted molar refractivity (Wildman–Crippen MR) is 91.4 cm³/mol. The first-order valence-electron chi connectivity index (χ1n) is 7.85. The molecule has 1 amide bonds. The van der Waals surface area contributed by atoms with Crippen LogP contribution in [0.3, 0.4) is 0 Å². The average Bonchev–Trinajstić information content (AvgIpc) is 3.05. The summed E-state index contributed by atoms with van der Waals surface area (Å²) in [6, 6.07) is 3.09. The van der Waals surface area contributed by atoms with Crippen LogP contribution in [0, 0.1) is 11.6 Å². The molecule has 2 aromatic rings. The van der Waals surface area contributed by atoms with E-state index >= 15 is 0 Å². The highest BCUT2D eigenvalue weighted by Gasteiger charge is 2.21. The van der Waals surface area contributed by atoms with Gasteiger partial charge in [0, 0.05) is 43.4 Å². The number of amides is 1. The van der Waals surface area contributed by atoms with E-state index in [1.54, 1.807) is 0 Å². The van der Waals surface area contributed by atoms with Gasteiger partial charge in [0.1, 0.15) is 18.5 Å². The maximum absolute atomic E-state index is 13.1. The second-order valence-corrected chi connectivity index (χ2v) is 5.71. The number of H-pyrrole nitrogens is 1. The molecule has 1 aliphatic rings. The molecule has 1 aromatic carbocycles. The van der Waals surface area contributed by atoms with Gasteiger partial charge in [-0.2, -0.15) is 5.10 Å². The van der Waals surface area contributed by atoms with Crippen LogP contribution in [0.5, 0.6) is 5.75 Å². The fraction of sp³-hybridized carbons (Fsp3) is 0.375. The minimum Gasteiger partial charge on any atom is -0.491 e. The van der Waals surface area contributed by atoms with Crippen molar-refractivity contribution in [2.45, 2.75) is 19.1 Å². The van der Waals surface area contributed by atoms with Crippen molar-refractivity contribution in [1.29, 1.82) is 0 Å². The van der Waals surface area contributed by atoms with Crippen LogP contribution >= 0.6 is 12.4 Å². The maximum Gasteiger partial charge on any atom is 0.272 e. The Kier molecular flexibility index (Phi) is 6.90. The summed E-state index contributed by atoms with van der Waals surface area (Å²) in [6.45, 7) is 1.16. The highest BCUT2D eigenvalue weighted by molar-refractivity contribution is 5.94. The zero-order valence-corrected chi connectivity index (χ0v) is 14.5. The number of halogens is 3. The lowest BCUT2D eigenvalue weighted by molar-refractivity contribution is 0.0838. The van der Waals surface area contributed by atoms with Crippen molar-refractivity contribution in [3.63, 3.8) is 0 Å². The Hall–Kier alpha value is -2.23. The molecular weight excluding hydrogens is 370 g/mol. The number of aliphatic hydroxyl groups is 1. The van der Waals surface area contributed by atoms with E-state index in [1.165, 1.54) is 6.07 Å². The largest absolute Gasteiger partial charge is 0.491 e. The molecule has 0 aliphatic carbocycles. The highest BCUT2D eigenvalue weighted by Crippen LogP contribution is 2.16. The van der Waals surface area contributed by atoms with E-state index < -0.39 is 23.6 Å². The van der Waals surface area contributed by atoms with Crippen LogP contribution in [-0.2, 0) is 13.0 Å². The molecule has 0 fully saturated rings. The number of rotatable bonds is 6. The lowest BCUT2D eigenvalue weighted by Crippen LogP contribution is -2.36. The Morgan fingerprint density at radius 3 is 2.96 bits per heavy atom. The SMILES string of the molecule is Cl.O=C(NCC(O)COc1ccc(F)c(F)c1)c1n[nH]c2c1CNCC2. The normalized spacial score (nSPS) is 14.1. The number of carbonyl (C=O) groups is 1. The molecule has 3 rings (SSSR count).